The summed E-state index contributed by atoms with van der Waals surface area (Å²) in [6, 6.07) is 10.8. The highest BCUT2D eigenvalue weighted by molar-refractivity contribution is 5.94. The fraction of sp³-hybridized carbons (Fsp3) is 0.316. The second-order valence-electron chi connectivity index (χ2n) is 5.91. The Morgan fingerprint density at radius 3 is 2.65 bits per heavy atom. The van der Waals surface area contributed by atoms with Crippen LogP contribution >= 0.6 is 0 Å². The number of carbonyl (C=O) groups excluding carboxylic acids is 2. The van der Waals surface area contributed by atoms with Crippen LogP contribution in [0.25, 0.3) is 0 Å². The summed E-state index contributed by atoms with van der Waals surface area (Å²) < 4.78 is 5.31. The third kappa shape index (κ3) is 5.47. The van der Waals surface area contributed by atoms with Crippen molar-refractivity contribution in [2.75, 3.05) is 27.7 Å². The number of rotatable bonds is 7. The van der Waals surface area contributed by atoms with Crippen molar-refractivity contribution in [1.82, 2.24) is 20.5 Å². The number of urea groups is 1. The molecule has 1 heterocycles. The zero-order chi connectivity index (χ0) is 18.9. The minimum atomic E-state index is -0.210. The van der Waals surface area contributed by atoms with Crippen LogP contribution in [-0.4, -0.2) is 49.6 Å². The van der Waals surface area contributed by atoms with Gasteiger partial charge in [-0.25, -0.2) is 4.79 Å². The Kier molecular flexibility index (Phi) is 6.96. The molecule has 0 aliphatic rings. The van der Waals surface area contributed by atoms with Crippen LogP contribution < -0.4 is 15.4 Å². The molecule has 0 radical (unpaired) electrons. The average Bonchev–Trinajstić information content (AvgIpc) is 2.66. The predicted octanol–water partition coefficient (Wildman–Crippen LogP) is 1.83. The zero-order valence-corrected chi connectivity index (χ0v) is 15.3. The maximum Gasteiger partial charge on any atom is 0.317 e. The standard InChI is InChI=1S/C19H24N4O3/c1-23(2)19(25)22-13-16-12-15(9-10-20-16)18(24)21-11-8-14-6-4-5-7-17(14)26-3/h4-7,9-10,12H,8,11,13H2,1-3H3,(H,21,24)(H,22,25). The molecule has 0 spiro atoms. The number of benzene rings is 1. The van der Waals surface area contributed by atoms with E-state index in [0.717, 1.165) is 11.3 Å². The van der Waals surface area contributed by atoms with Gasteiger partial charge in [0.1, 0.15) is 5.75 Å². The lowest BCUT2D eigenvalue weighted by Gasteiger charge is -2.12. The molecule has 2 N–H and O–H groups in total. The third-order valence-corrected chi connectivity index (χ3v) is 3.78. The van der Waals surface area contributed by atoms with Crippen LogP contribution in [0, 0.1) is 0 Å². The lowest BCUT2D eigenvalue weighted by Crippen LogP contribution is -2.34. The Balaban J connectivity index is 1.89. The molecule has 0 bridgehead atoms. The summed E-state index contributed by atoms with van der Waals surface area (Å²) in [6.07, 6.45) is 2.23. The number of ether oxygens (including phenoxy) is 1. The topological polar surface area (TPSA) is 83.6 Å². The SMILES string of the molecule is COc1ccccc1CCNC(=O)c1ccnc(CNC(=O)N(C)C)c1. The van der Waals surface area contributed by atoms with E-state index in [1.807, 2.05) is 24.3 Å². The van der Waals surface area contributed by atoms with E-state index in [1.54, 1.807) is 39.5 Å². The largest absolute Gasteiger partial charge is 0.496 e. The lowest BCUT2D eigenvalue weighted by atomic mass is 10.1. The van der Waals surface area contributed by atoms with Crippen LogP contribution in [0.15, 0.2) is 42.6 Å². The van der Waals surface area contributed by atoms with Crippen molar-refractivity contribution in [1.29, 1.82) is 0 Å². The van der Waals surface area contributed by atoms with Crippen LogP contribution in [0.5, 0.6) is 5.75 Å². The molecule has 0 aliphatic heterocycles. The molecular weight excluding hydrogens is 332 g/mol. The summed E-state index contributed by atoms with van der Waals surface area (Å²) in [5.74, 6) is 0.632. The first-order chi connectivity index (χ1) is 12.5. The van der Waals surface area contributed by atoms with E-state index in [-0.39, 0.29) is 18.5 Å². The number of pyridine rings is 1. The second kappa shape index (κ2) is 9.41. The molecule has 0 unspecified atom stereocenters. The number of hydrogen-bond acceptors (Lipinski definition) is 4. The number of nitrogens with one attached hydrogen (secondary N) is 2. The Labute approximate surface area is 153 Å². The molecule has 2 rings (SSSR count). The smallest absolute Gasteiger partial charge is 0.317 e. The third-order valence-electron chi connectivity index (χ3n) is 3.78. The van der Waals surface area contributed by atoms with Gasteiger partial charge < -0.3 is 20.3 Å². The van der Waals surface area contributed by atoms with Gasteiger partial charge in [0.2, 0.25) is 0 Å². The Morgan fingerprint density at radius 1 is 1.15 bits per heavy atom. The maximum atomic E-state index is 12.3. The Morgan fingerprint density at radius 2 is 1.92 bits per heavy atom. The fourth-order valence-corrected chi connectivity index (χ4v) is 2.36. The summed E-state index contributed by atoms with van der Waals surface area (Å²) in [5.41, 5.74) is 2.17. The first-order valence-corrected chi connectivity index (χ1v) is 8.31. The molecule has 7 nitrogen and oxygen atoms in total. The number of hydrogen-bond donors (Lipinski definition) is 2. The van der Waals surface area contributed by atoms with Crippen molar-refractivity contribution in [2.45, 2.75) is 13.0 Å². The molecule has 2 aromatic rings. The van der Waals surface area contributed by atoms with Gasteiger partial charge in [-0.15, -0.1) is 0 Å². The highest BCUT2D eigenvalue weighted by Crippen LogP contribution is 2.17. The molecule has 0 aliphatic carbocycles. The van der Waals surface area contributed by atoms with E-state index in [1.165, 1.54) is 4.90 Å². The number of aromatic nitrogens is 1. The molecule has 0 saturated heterocycles. The van der Waals surface area contributed by atoms with Crippen LogP contribution in [0.2, 0.25) is 0 Å². The Bertz CT molecular complexity index is 762. The van der Waals surface area contributed by atoms with Crippen molar-refractivity contribution < 1.29 is 14.3 Å². The first-order valence-electron chi connectivity index (χ1n) is 8.31. The minimum Gasteiger partial charge on any atom is -0.496 e. The molecule has 0 fully saturated rings. The highest BCUT2D eigenvalue weighted by Gasteiger charge is 2.09. The van der Waals surface area contributed by atoms with Gasteiger partial charge in [0.05, 0.1) is 19.3 Å². The quantitative estimate of drug-likeness (QED) is 0.793. The van der Waals surface area contributed by atoms with Gasteiger partial charge in [-0.3, -0.25) is 9.78 Å². The molecule has 3 amide bonds. The van der Waals surface area contributed by atoms with E-state index in [2.05, 4.69) is 15.6 Å². The highest BCUT2D eigenvalue weighted by atomic mass is 16.5. The van der Waals surface area contributed by atoms with Gasteiger partial charge in [-0.1, -0.05) is 18.2 Å². The summed E-state index contributed by atoms with van der Waals surface area (Å²) >= 11 is 0. The van der Waals surface area contributed by atoms with Gasteiger partial charge in [0, 0.05) is 32.4 Å². The van der Waals surface area contributed by atoms with E-state index < -0.39 is 0 Å². The summed E-state index contributed by atoms with van der Waals surface area (Å²) in [4.78, 5) is 29.5. The minimum absolute atomic E-state index is 0.178. The molecule has 26 heavy (non-hydrogen) atoms. The maximum absolute atomic E-state index is 12.3. The molecule has 1 aromatic heterocycles. The molecule has 0 saturated carbocycles. The fourth-order valence-electron chi connectivity index (χ4n) is 2.36. The van der Waals surface area contributed by atoms with Gasteiger partial charge >= 0.3 is 6.03 Å². The van der Waals surface area contributed by atoms with E-state index in [0.29, 0.717) is 24.2 Å². The van der Waals surface area contributed by atoms with Gasteiger partial charge in [-0.2, -0.15) is 0 Å². The number of carbonyl (C=O) groups is 2. The number of nitrogens with zero attached hydrogens (tertiary/aromatic N) is 2. The second-order valence-corrected chi connectivity index (χ2v) is 5.91. The van der Waals surface area contributed by atoms with Crippen LogP contribution in [0.3, 0.4) is 0 Å². The average molecular weight is 356 g/mol. The molecule has 0 atom stereocenters. The van der Waals surface area contributed by atoms with Crippen LogP contribution in [-0.2, 0) is 13.0 Å². The first kappa shape index (κ1) is 19.2. The van der Waals surface area contributed by atoms with Crippen molar-refractivity contribution >= 4 is 11.9 Å². The monoisotopic (exact) mass is 356 g/mol. The van der Waals surface area contributed by atoms with Crippen molar-refractivity contribution in [2.24, 2.45) is 0 Å². The number of amides is 3. The Hall–Kier alpha value is -3.09. The van der Waals surface area contributed by atoms with Crippen molar-refractivity contribution in [3.8, 4) is 5.75 Å². The summed E-state index contributed by atoms with van der Waals surface area (Å²) in [5, 5.41) is 5.61. The molecule has 138 valence electrons. The lowest BCUT2D eigenvalue weighted by molar-refractivity contribution is 0.0954. The normalized spacial score (nSPS) is 10.1. The van der Waals surface area contributed by atoms with Gasteiger partial charge in [0.15, 0.2) is 0 Å². The van der Waals surface area contributed by atoms with Gasteiger partial charge in [-0.05, 0) is 30.2 Å². The predicted molar refractivity (Wildman–Crippen MR) is 99.2 cm³/mol. The van der Waals surface area contributed by atoms with E-state index in [9.17, 15) is 9.59 Å². The molecule has 7 heteroatoms. The van der Waals surface area contributed by atoms with E-state index >= 15 is 0 Å². The summed E-state index contributed by atoms with van der Waals surface area (Å²) in [7, 11) is 4.95. The van der Waals surface area contributed by atoms with Crippen LogP contribution in [0.1, 0.15) is 21.6 Å². The van der Waals surface area contributed by atoms with Gasteiger partial charge in [0.25, 0.3) is 5.91 Å². The van der Waals surface area contributed by atoms with Crippen molar-refractivity contribution in [3.63, 3.8) is 0 Å². The summed E-state index contributed by atoms with van der Waals surface area (Å²) in [6.45, 7) is 0.758. The van der Waals surface area contributed by atoms with Crippen molar-refractivity contribution in [3.05, 3.63) is 59.4 Å². The molecule has 1 aromatic carbocycles. The number of para-hydroxylation sites is 1. The zero-order valence-electron chi connectivity index (χ0n) is 15.3. The number of methoxy groups -OCH3 is 1. The van der Waals surface area contributed by atoms with Crippen LogP contribution in [0.4, 0.5) is 4.79 Å². The van der Waals surface area contributed by atoms with E-state index in [4.69, 9.17) is 4.74 Å². The molecular formula is C19H24N4O3.